The van der Waals surface area contributed by atoms with Crippen molar-refractivity contribution in [2.45, 2.75) is 57.8 Å². The second kappa shape index (κ2) is 7.45. The number of furan rings is 1. The van der Waals surface area contributed by atoms with Crippen LogP contribution in [0.1, 0.15) is 68.3 Å². The Morgan fingerprint density at radius 3 is 2.77 bits per heavy atom. The molecule has 0 unspecified atom stereocenters. The van der Waals surface area contributed by atoms with Crippen molar-refractivity contribution in [3.8, 4) is 0 Å². The lowest BCUT2D eigenvalue weighted by atomic mass is 9.78. The van der Waals surface area contributed by atoms with Gasteiger partial charge in [-0.1, -0.05) is 32.1 Å². The van der Waals surface area contributed by atoms with Crippen molar-refractivity contribution in [2.75, 3.05) is 26.2 Å². The highest BCUT2D eigenvalue weighted by atomic mass is 16.3. The fourth-order valence-corrected chi connectivity index (χ4v) is 5.16. The van der Waals surface area contributed by atoms with Crippen molar-refractivity contribution >= 4 is 11.8 Å². The summed E-state index contributed by atoms with van der Waals surface area (Å²) in [5, 5.41) is 0. The fraction of sp³-hybridized carbons (Fsp3) is 0.714. The molecule has 1 aliphatic carbocycles. The Balaban J connectivity index is 1.37. The van der Waals surface area contributed by atoms with E-state index in [0.29, 0.717) is 18.8 Å². The first-order valence-electron chi connectivity index (χ1n) is 10.3. The molecular formula is C21H30N2O3. The van der Waals surface area contributed by atoms with E-state index in [1.807, 2.05) is 0 Å². The molecule has 1 aromatic heterocycles. The molecule has 3 aliphatic rings. The second-order valence-corrected chi connectivity index (χ2v) is 8.42. The van der Waals surface area contributed by atoms with Crippen molar-refractivity contribution in [3.63, 3.8) is 0 Å². The smallest absolute Gasteiger partial charge is 0.289 e. The highest BCUT2D eigenvalue weighted by Gasteiger charge is 2.49. The Hall–Kier alpha value is -1.78. The van der Waals surface area contributed by atoms with E-state index >= 15 is 0 Å². The summed E-state index contributed by atoms with van der Waals surface area (Å²) < 4.78 is 5.25. The maximum atomic E-state index is 13.2. The lowest BCUT2D eigenvalue weighted by Gasteiger charge is -2.40. The molecule has 1 aromatic rings. The summed E-state index contributed by atoms with van der Waals surface area (Å²) in [6.07, 6.45) is 12.2. The van der Waals surface area contributed by atoms with Gasteiger partial charge in [0, 0.05) is 26.2 Å². The summed E-state index contributed by atoms with van der Waals surface area (Å²) in [6.45, 7) is 2.99. The molecule has 2 amide bonds. The van der Waals surface area contributed by atoms with E-state index in [2.05, 4.69) is 4.90 Å². The highest BCUT2D eigenvalue weighted by Crippen LogP contribution is 2.41. The fourth-order valence-electron chi connectivity index (χ4n) is 5.16. The second-order valence-electron chi connectivity index (χ2n) is 8.42. The van der Waals surface area contributed by atoms with Crippen molar-refractivity contribution in [3.05, 3.63) is 24.2 Å². The largest absolute Gasteiger partial charge is 0.459 e. The van der Waals surface area contributed by atoms with Gasteiger partial charge < -0.3 is 14.2 Å². The monoisotopic (exact) mass is 358 g/mol. The summed E-state index contributed by atoms with van der Waals surface area (Å²) in [7, 11) is 0. The average Bonchev–Trinajstić information content (AvgIpc) is 3.34. The summed E-state index contributed by atoms with van der Waals surface area (Å²) in [4.78, 5) is 29.7. The van der Waals surface area contributed by atoms with Gasteiger partial charge in [-0.05, 0) is 43.7 Å². The number of hydrogen-bond acceptors (Lipinski definition) is 3. The van der Waals surface area contributed by atoms with Crippen molar-refractivity contribution in [2.24, 2.45) is 11.3 Å². The Labute approximate surface area is 155 Å². The summed E-state index contributed by atoms with van der Waals surface area (Å²) >= 11 is 0. The zero-order valence-corrected chi connectivity index (χ0v) is 15.6. The molecule has 3 fully saturated rings. The molecule has 1 atom stereocenters. The van der Waals surface area contributed by atoms with E-state index in [1.165, 1.54) is 38.4 Å². The molecule has 5 nitrogen and oxygen atoms in total. The number of amides is 2. The van der Waals surface area contributed by atoms with E-state index in [9.17, 15) is 9.59 Å². The highest BCUT2D eigenvalue weighted by molar-refractivity contribution is 5.93. The third-order valence-electron chi connectivity index (χ3n) is 6.73. The third kappa shape index (κ3) is 3.40. The molecule has 26 heavy (non-hydrogen) atoms. The van der Waals surface area contributed by atoms with Crippen molar-refractivity contribution in [1.29, 1.82) is 0 Å². The molecular weight excluding hydrogens is 328 g/mol. The van der Waals surface area contributed by atoms with Gasteiger partial charge in [0.25, 0.3) is 5.91 Å². The van der Waals surface area contributed by atoms with Crippen LogP contribution in [0.4, 0.5) is 0 Å². The number of hydrogen-bond donors (Lipinski definition) is 0. The predicted molar refractivity (Wildman–Crippen MR) is 98.7 cm³/mol. The molecule has 142 valence electrons. The van der Waals surface area contributed by atoms with E-state index in [-0.39, 0.29) is 17.2 Å². The first kappa shape index (κ1) is 17.6. The van der Waals surface area contributed by atoms with Crippen LogP contribution in [0.3, 0.4) is 0 Å². The van der Waals surface area contributed by atoms with Gasteiger partial charge >= 0.3 is 0 Å². The third-order valence-corrected chi connectivity index (χ3v) is 6.73. The SMILES string of the molecule is O=C(c1ccco1)N1CC[C@@]2(CCCN(CCC3CCCCC3)C2=O)C1. The average molecular weight is 358 g/mol. The molecule has 1 spiro atoms. The van der Waals surface area contributed by atoms with E-state index in [0.717, 1.165) is 44.7 Å². The first-order chi connectivity index (χ1) is 12.7. The lowest BCUT2D eigenvalue weighted by Crippen LogP contribution is -2.50. The molecule has 0 aromatic carbocycles. The molecule has 1 saturated carbocycles. The van der Waals surface area contributed by atoms with Gasteiger partial charge in [-0.25, -0.2) is 0 Å². The molecule has 0 bridgehead atoms. The number of piperidine rings is 1. The van der Waals surface area contributed by atoms with Gasteiger partial charge in [0.2, 0.25) is 5.91 Å². The Morgan fingerprint density at radius 2 is 2.00 bits per heavy atom. The van der Waals surface area contributed by atoms with Crippen LogP contribution in [0, 0.1) is 11.3 Å². The minimum atomic E-state index is -0.354. The number of nitrogens with zero attached hydrogens (tertiary/aromatic N) is 2. The number of likely N-dealkylation sites (tertiary alicyclic amines) is 2. The summed E-state index contributed by atoms with van der Waals surface area (Å²) in [6, 6.07) is 3.43. The maximum Gasteiger partial charge on any atom is 0.289 e. The van der Waals surface area contributed by atoms with Crippen LogP contribution in [0.2, 0.25) is 0 Å². The molecule has 5 heteroatoms. The van der Waals surface area contributed by atoms with Crippen molar-refractivity contribution < 1.29 is 14.0 Å². The Morgan fingerprint density at radius 1 is 1.15 bits per heavy atom. The summed E-state index contributed by atoms with van der Waals surface area (Å²) in [5.41, 5.74) is -0.354. The lowest BCUT2D eigenvalue weighted by molar-refractivity contribution is -0.145. The van der Waals surface area contributed by atoms with Gasteiger partial charge in [0.05, 0.1) is 11.7 Å². The van der Waals surface area contributed by atoms with Crippen LogP contribution in [-0.4, -0.2) is 47.8 Å². The minimum Gasteiger partial charge on any atom is -0.459 e. The predicted octanol–water partition coefficient (Wildman–Crippen LogP) is 3.70. The van der Waals surface area contributed by atoms with Crippen LogP contribution in [0.15, 0.2) is 22.8 Å². The number of rotatable bonds is 4. The molecule has 3 heterocycles. The molecule has 0 N–H and O–H groups in total. The number of carbonyl (C=O) groups excluding carboxylic acids is 2. The standard InChI is InChI=1S/C21H30N2O3/c24-19(18-8-4-15-26-18)23-14-11-21(16-23)10-5-12-22(20(21)25)13-9-17-6-2-1-3-7-17/h4,8,15,17H,1-3,5-7,9-14,16H2/t21-/m0/s1. The van der Waals surface area contributed by atoms with Gasteiger partial charge in [-0.2, -0.15) is 0 Å². The topological polar surface area (TPSA) is 53.8 Å². The van der Waals surface area contributed by atoms with Gasteiger partial charge in [-0.3, -0.25) is 9.59 Å². The van der Waals surface area contributed by atoms with E-state index < -0.39 is 0 Å². The Kier molecular flexibility index (Phi) is 5.05. The minimum absolute atomic E-state index is 0.0843. The normalized spacial score (nSPS) is 27.5. The quantitative estimate of drug-likeness (QED) is 0.824. The van der Waals surface area contributed by atoms with Crippen LogP contribution < -0.4 is 0 Å². The zero-order chi connectivity index (χ0) is 18.0. The molecule has 2 saturated heterocycles. The zero-order valence-electron chi connectivity index (χ0n) is 15.6. The molecule has 2 aliphatic heterocycles. The van der Waals surface area contributed by atoms with Gasteiger partial charge in [0.15, 0.2) is 5.76 Å². The van der Waals surface area contributed by atoms with E-state index in [1.54, 1.807) is 17.0 Å². The van der Waals surface area contributed by atoms with Crippen LogP contribution in [0.5, 0.6) is 0 Å². The van der Waals surface area contributed by atoms with Gasteiger partial charge in [0.1, 0.15) is 0 Å². The van der Waals surface area contributed by atoms with Crippen LogP contribution in [-0.2, 0) is 4.79 Å². The van der Waals surface area contributed by atoms with Crippen LogP contribution >= 0.6 is 0 Å². The van der Waals surface area contributed by atoms with Crippen LogP contribution in [0.25, 0.3) is 0 Å². The molecule has 4 rings (SSSR count). The van der Waals surface area contributed by atoms with E-state index in [4.69, 9.17) is 4.42 Å². The molecule has 0 radical (unpaired) electrons. The summed E-state index contributed by atoms with van der Waals surface area (Å²) in [5.74, 6) is 1.38. The maximum absolute atomic E-state index is 13.2. The van der Waals surface area contributed by atoms with Gasteiger partial charge in [-0.15, -0.1) is 0 Å². The Bertz CT molecular complexity index is 636. The first-order valence-corrected chi connectivity index (χ1v) is 10.3. The number of carbonyl (C=O) groups is 2. The van der Waals surface area contributed by atoms with Crippen molar-refractivity contribution in [1.82, 2.24) is 9.80 Å².